The van der Waals surface area contributed by atoms with Gasteiger partial charge in [-0.05, 0) is 24.6 Å². The Bertz CT molecular complexity index is 812. The Labute approximate surface area is 140 Å². The first-order valence-electron chi connectivity index (χ1n) is 7.67. The molecule has 5 heteroatoms. The summed E-state index contributed by atoms with van der Waals surface area (Å²) in [5, 5.41) is 2.86. The predicted octanol–water partition coefficient (Wildman–Crippen LogP) is 3.49. The van der Waals surface area contributed by atoms with Crippen molar-refractivity contribution in [3.8, 4) is 5.88 Å². The van der Waals surface area contributed by atoms with Gasteiger partial charge in [-0.25, -0.2) is 4.98 Å². The average molecular weight is 322 g/mol. The average Bonchev–Trinajstić information content (AvgIpc) is 3.05. The number of carbonyl (C=O) groups is 1. The quantitative estimate of drug-likeness (QED) is 0.754. The summed E-state index contributed by atoms with van der Waals surface area (Å²) in [7, 11) is 0. The molecule has 0 aliphatic heterocycles. The van der Waals surface area contributed by atoms with E-state index in [1.807, 2.05) is 42.5 Å². The molecule has 0 spiro atoms. The van der Waals surface area contributed by atoms with E-state index >= 15 is 0 Å². The van der Waals surface area contributed by atoms with Gasteiger partial charge < -0.3 is 14.5 Å². The zero-order valence-corrected chi connectivity index (χ0v) is 13.4. The second-order valence-corrected chi connectivity index (χ2v) is 5.32. The molecule has 0 atom stereocenters. The van der Waals surface area contributed by atoms with Crippen LogP contribution in [0.5, 0.6) is 5.88 Å². The molecule has 0 fully saturated rings. The molecular formula is C19H18N2O3. The molecule has 2 aromatic heterocycles. The van der Waals surface area contributed by atoms with Gasteiger partial charge in [0.1, 0.15) is 12.4 Å². The first-order valence-corrected chi connectivity index (χ1v) is 7.67. The van der Waals surface area contributed by atoms with Gasteiger partial charge in [-0.3, -0.25) is 4.79 Å². The third-order valence-electron chi connectivity index (χ3n) is 3.61. The second kappa shape index (κ2) is 7.46. The molecule has 3 aromatic rings. The molecule has 122 valence electrons. The highest BCUT2D eigenvalue weighted by atomic mass is 16.5. The Balaban J connectivity index is 1.64. The lowest BCUT2D eigenvalue weighted by molar-refractivity contribution is 0.0949. The van der Waals surface area contributed by atoms with Crippen molar-refractivity contribution in [3.63, 3.8) is 0 Å². The third kappa shape index (κ3) is 3.81. The molecule has 24 heavy (non-hydrogen) atoms. The maximum absolute atomic E-state index is 12.2. The number of nitrogens with one attached hydrogen (secondary N) is 1. The Morgan fingerprint density at radius 2 is 2.00 bits per heavy atom. The molecule has 1 amide bonds. The molecule has 1 N–H and O–H groups in total. The van der Waals surface area contributed by atoms with Gasteiger partial charge in [-0.1, -0.05) is 36.4 Å². The van der Waals surface area contributed by atoms with Crippen LogP contribution in [0.3, 0.4) is 0 Å². The van der Waals surface area contributed by atoms with Crippen LogP contribution in [0, 0.1) is 6.92 Å². The lowest BCUT2D eigenvalue weighted by atomic mass is 10.2. The lowest BCUT2D eigenvalue weighted by Gasteiger charge is -2.11. The van der Waals surface area contributed by atoms with Crippen molar-refractivity contribution < 1.29 is 13.9 Å². The van der Waals surface area contributed by atoms with Crippen molar-refractivity contribution in [2.45, 2.75) is 20.1 Å². The molecule has 0 bridgehead atoms. The molecule has 1 aromatic carbocycles. The summed E-state index contributed by atoms with van der Waals surface area (Å²) < 4.78 is 10.9. The molecule has 3 rings (SSSR count). The molecule has 5 nitrogen and oxygen atoms in total. The first kappa shape index (κ1) is 15.8. The number of aromatic nitrogens is 1. The molecule has 0 saturated heterocycles. The molecule has 2 heterocycles. The van der Waals surface area contributed by atoms with Crippen molar-refractivity contribution in [3.05, 3.63) is 83.4 Å². The standard InChI is InChI=1S/C19H18N2O3/c1-14-17(9-11-23-14)18(22)21-12-16-8-5-10-20-19(16)24-13-15-6-3-2-4-7-15/h2-11H,12-13H2,1H3,(H,21,22). The van der Waals surface area contributed by atoms with Crippen molar-refractivity contribution in [1.82, 2.24) is 10.3 Å². The summed E-state index contributed by atoms with van der Waals surface area (Å²) in [6.07, 6.45) is 3.18. The van der Waals surface area contributed by atoms with E-state index in [0.717, 1.165) is 11.1 Å². The first-order chi connectivity index (χ1) is 11.7. The smallest absolute Gasteiger partial charge is 0.255 e. The van der Waals surface area contributed by atoms with Crippen molar-refractivity contribution in [2.24, 2.45) is 0 Å². The number of aryl methyl sites for hydroxylation is 1. The number of rotatable bonds is 6. The SMILES string of the molecule is Cc1occc1C(=O)NCc1cccnc1OCc1ccccc1. The monoisotopic (exact) mass is 322 g/mol. The van der Waals surface area contributed by atoms with Gasteiger partial charge >= 0.3 is 0 Å². The van der Waals surface area contributed by atoms with E-state index in [0.29, 0.717) is 30.4 Å². The topological polar surface area (TPSA) is 64.4 Å². The maximum Gasteiger partial charge on any atom is 0.255 e. The molecule has 0 unspecified atom stereocenters. The Kier molecular flexibility index (Phi) is 4.91. The Morgan fingerprint density at radius 1 is 1.17 bits per heavy atom. The van der Waals surface area contributed by atoms with Crippen LogP contribution in [-0.2, 0) is 13.2 Å². The van der Waals surface area contributed by atoms with Gasteiger partial charge in [0, 0.05) is 18.3 Å². The van der Waals surface area contributed by atoms with Gasteiger partial charge in [0.05, 0.1) is 11.8 Å². The number of hydrogen-bond acceptors (Lipinski definition) is 4. The van der Waals surface area contributed by atoms with E-state index in [9.17, 15) is 4.79 Å². The maximum atomic E-state index is 12.2. The minimum absolute atomic E-state index is 0.181. The lowest BCUT2D eigenvalue weighted by Crippen LogP contribution is -2.23. The molecular weight excluding hydrogens is 304 g/mol. The van der Waals surface area contributed by atoms with Crippen LogP contribution in [0.4, 0.5) is 0 Å². The van der Waals surface area contributed by atoms with Crippen molar-refractivity contribution >= 4 is 5.91 Å². The Hall–Kier alpha value is -3.08. The summed E-state index contributed by atoms with van der Waals surface area (Å²) in [6.45, 7) is 2.52. The molecule has 0 aliphatic carbocycles. The van der Waals surface area contributed by atoms with Gasteiger partial charge in [0.25, 0.3) is 5.91 Å². The highest BCUT2D eigenvalue weighted by Gasteiger charge is 2.12. The number of ether oxygens (including phenoxy) is 1. The van der Waals surface area contributed by atoms with Crippen LogP contribution in [0.1, 0.15) is 27.2 Å². The van der Waals surface area contributed by atoms with Crippen molar-refractivity contribution in [1.29, 1.82) is 0 Å². The number of furan rings is 1. The fourth-order valence-corrected chi connectivity index (χ4v) is 2.31. The number of pyridine rings is 1. The predicted molar refractivity (Wildman–Crippen MR) is 89.6 cm³/mol. The van der Waals surface area contributed by atoms with Crippen LogP contribution in [0.15, 0.2) is 65.4 Å². The van der Waals surface area contributed by atoms with Crippen LogP contribution in [0.25, 0.3) is 0 Å². The van der Waals surface area contributed by atoms with Crippen LogP contribution >= 0.6 is 0 Å². The fourth-order valence-electron chi connectivity index (χ4n) is 2.31. The Morgan fingerprint density at radius 3 is 2.75 bits per heavy atom. The van der Waals surface area contributed by atoms with Gasteiger partial charge in [-0.2, -0.15) is 0 Å². The van der Waals surface area contributed by atoms with Crippen molar-refractivity contribution in [2.75, 3.05) is 0 Å². The zero-order valence-electron chi connectivity index (χ0n) is 13.4. The second-order valence-electron chi connectivity index (χ2n) is 5.32. The molecule has 0 aliphatic rings. The van der Waals surface area contributed by atoms with E-state index in [1.165, 1.54) is 6.26 Å². The van der Waals surface area contributed by atoms with E-state index in [2.05, 4.69) is 10.3 Å². The summed E-state index contributed by atoms with van der Waals surface area (Å²) in [4.78, 5) is 16.4. The van der Waals surface area contributed by atoms with Gasteiger partial charge in [0.2, 0.25) is 5.88 Å². The van der Waals surface area contributed by atoms with E-state index in [4.69, 9.17) is 9.15 Å². The van der Waals surface area contributed by atoms with E-state index in [1.54, 1.807) is 19.2 Å². The highest BCUT2D eigenvalue weighted by molar-refractivity contribution is 5.95. The largest absolute Gasteiger partial charge is 0.473 e. The van der Waals surface area contributed by atoms with Crippen LogP contribution in [-0.4, -0.2) is 10.9 Å². The summed E-state index contributed by atoms with van der Waals surface area (Å²) in [5.74, 6) is 0.934. The summed E-state index contributed by atoms with van der Waals surface area (Å²) in [5.41, 5.74) is 2.42. The number of amides is 1. The normalized spacial score (nSPS) is 10.4. The summed E-state index contributed by atoms with van der Waals surface area (Å²) >= 11 is 0. The van der Waals surface area contributed by atoms with Crippen LogP contribution < -0.4 is 10.1 Å². The molecule has 0 saturated carbocycles. The highest BCUT2D eigenvalue weighted by Crippen LogP contribution is 2.16. The fraction of sp³-hybridized carbons (Fsp3) is 0.158. The summed E-state index contributed by atoms with van der Waals surface area (Å²) in [6, 6.07) is 15.2. The minimum atomic E-state index is -0.181. The number of carbonyl (C=O) groups excluding carboxylic acids is 1. The molecule has 0 radical (unpaired) electrons. The van der Waals surface area contributed by atoms with E-state index in [-0.39, 0.29) is 5.91 Å². The zero-order chi connectivity index (χ0) is 16.8. The minimum Gasteiger partial charge on any atom is -0.473 e. The number of hydrogen-bond donors (Lipinski definition) is 1. The van der Waals surface area contributed by atoms with Crippen LogP contribution in [0.2, 0.25) is 0 Å². The van der Waals surface area contributed by atoms with E-state index < -0.39 is 0 Å². The third-order valence-corrected chi connectivity index (χ3v) is 3.61. The number of nitrogens with zero attached hydrogens (tertiary/aromatic N) is 1. The van der Waals surface area contributed by atoms with Gasteiger partial charge in [0.15, 0.2) is 0 Å². The number of benzene rings is 1. The van der Waals surface area contributed by atoms with Gasteiger partial charge in [-0.15, -0.1) is 0 Å².